The third kappa shape index (κ3) is 3.73. The topological polar surface area (TPSA) is 29.1 Å². The predicted octanol–water partition coefficient (Wildman–Crippen LogP) is 5.91. The lowest BCUT2D eigenvalue weighted by Gasteiger charge is -2.10. The van der Waals surface area contributed by atoms with Crippen molar-refractivity contribution in [2.75, 3.05) is 5.32 Å². The number of carbonyl (C=O) groups excluding carboxylic acids is 1. The molecule has 0 bridgehead atoms. The molecule has 0 saturated carbocycles. The molecule has 2 aromatic carbocycles. The van der Waals surface area contributed by atoms with Crippen LogP contribution in [0.2, 0.25) is 10.0 Å². The van der Waals surface area contributed by atoms with Crippen LogP contribution in [0.3, 0.4) is 0 Å². The molecule has 20 heavy (non-hydrogen) atoms. The second-order valence-corrected chi connectivity index (χ2v) is 6.50. The van der Waals surface area contributed by atoms with Gasteiger partial charge in [0.1, 0.15) is 5.82 Å². The van der Waals surface area contributed by atoms with E-state index in [0.29, 0.717) is 5.56 Å². The van der Waals surface area contributed by atoms with Crippen LogP contribution in [0.25, 0.3) is 0 Å². The van der Waals surface area contributed by atoms with Gasteiger partial charge in [-0.25, -0.2) is 4.39 Å². The molecule has 0 aliphatic carbocycles. The van der Waals surface area contributed by atoms with Crippen molar-refractivity contribution in [3.8, 4) is 0 Å². The van der Waals surface area contributed by atoms with Gasteiger partial charge >= 0.3 is 0 Å². The van der Waals surface area contributed by atoms with Crippen molar-refractivity contribution < 1.29 is 9.18 Å². The number of nitrogens with one attached hydrogen (secondary N) is 1. The van der Waals surface area contributed by atoms with Gasteiger partial charge in [-0.2, -0.15) is 0 Å². The van der Waals surface area contributed by atoms with E-state index in [1.54, 1.807) is 18.2 Å². The van der Waals surface area contributed by atoms with Gasteiger partial charge in [-0.05, 0) is 30.3 Å². The first-order valence-corrected chi connectivity index (χ1v) is 7.63. The highest BCUT2D eigenvalue weighted by Gasteiger charge is 2.14. The van der Waals surface area contributed by atoms with E-state index in [2.05, 4.69) is 37.2 Å². The molecule has 0 fully saturated rings. The van der Waals surface area contributed by atoms with Gasteiger partial charge in [0.15, 0.2) is 0 Å². The summed E-state index contributed by atoms with van der Waals surface area (Å²) in [5.74, 6) is -0.967. The molecule has 2 aromatic rings. The summed E-state index contributed by atoms with van der Waals surface area (Å²) in [5, 5.41) is 2.64. The molecule has 0 spiro atoms. The average Bonchev–Trinajstić information content (AvgIpc) is 2.32. The third-order valence-corrected chi connectivity index (χ3v) is 3.88. The molecule has 0 aliphatic heterocycles. The molecule has 104 valence electrons. The highest BCUT2D eigenvalue weighted by Crippen LogP contribution is 2.32. The Morgan fingerprint density at radius 2 is 1.50 bits per heavy atom. The van der Waals surface area contributed by atoms with Gasteiger partial charge < -0.3 is 5.32 Å². The molecule has 2 rings (SSSR count). The van der Waals surface area contributed by atoms with Crippen LogP contribution in [-0.2, 0) is 0 Å². The third-order valence-electron chi connectivity index (χ3n) is 2.37. The highest BCUT2D eigenvalue weighted by molar-refractivity contribution is 9.11. The summed E-state index contributed by atoms with van der Waals surface area (Å²) in [6.07, 6.45) is 0. The van der Waals surface area contributed by atoms with Crippen molar-refractivity contribution >= 4 is 66.7 Å². The molecule has 0 unspecified atom stereocenters. The maximum absolute atomic E-state index is 13.1. The predicted molar refractivity (Wildman–Crippen MR) is 86.2 cm³/mol. The number of hydrogen-bond donors (Lipinski definition) is 1. The van der Waals surface area contributed by atoms with Crippen molar-refractivity contribution in [3.05, 3.63) is 60.7 Å². The molecule has 0 radical (unpaired) electrons. The molecule has 0 heterocycles. The van der Waals surface area contributed by atoms with Crippen LogP contribution in [0.5, 0.6) is 0 Å². The maximum Gasteiger partial charge on any atom is 0.255 e. The number of halogens is 5. The minimum atomic E-state index is -0.566. The summed E-state index contributed by atoms with van der Waals surface area (Å²) < 4.78 is 14.6. The van der Waals surface area contributed by atoms with Crippen LogP contribution in [0.4, 0.5) is 10.1 Å². The summed E-state index contributed by atoms with van der Waals surface area (Å²) in [5.41, 5.74) is 0.582. The Labute approximate surface area is 141 Å². The number of rotatable bonds is 2. The van der Waals surface area contributed by atoms with Gasteiger partial charge in [0.25, 0.3) is 5.91 Å². The molecule has 0 atom stereocenters. The summed E-state index contributed by atoms with van der Waals surface area (Å²) in [7, 11) is 0. The molecule has 0 saturated heterocycles. The Hall–Kier alpha value is -0.620. The summed E-state index contributed by atoms with van der Waals surface area (Å²) in [6.45, 7) is 0. The first-order chi connectivity index (χ1) is 9.36. The van der Waals surface area contributed by atoms with Gasteiger partial charge in [0.2, 0.25) is 0 Å². The van der Waals surface area contributed by atoms with E-state index in [0.717, 1.165) is 21.1 Å². The van der Waals surface area contributed by atoms with Crippen molar-refractivity contribution in [2.24, 2.45) is 0 Å². The molecule has 1 N–H and O–H groups in total. The summed E-state index contributed by atoms with van der Waals surface area (Å²) in [6, 6.07) is 7.26. The first kappa shape index (κ1) is 15.8. The molecule has 1 amide bonds. The van der Waals surface area contributed by atoms with Gasteiger partial charge in [0, 0.05) is 14.5 Å². The Balaban J connectivity index is 2.32. The number of hydrogen-bond acceptors (Lipinski definition) is 1. The molecular formula is C13H6Br2Cl2FNO. The van der Waals surface area contributed by atoms with E-state index in [-0.39, 0.29) is 15.7 Å². The maximum atomic E-state index is 13.1. The van der Waals surface area contributed by atoms with Crippen molar-refractivity contribution in [2.45, 2.75) is 0 Å². The number of anilines is 1. The fourth-order valence-corrected chi connectivity index (χ4v) is 3.38. The van der Waals surface area contributed by atoms with Gasteiger partial charge in [0.05, 0.1) is 15.7 Å². The van der Waals surface area contributed by atoms with Crippen molar-refractivity contribution in [1.29, 1.82) is 0 Å². The van der Waals surface area contributed by atoms with E-state index in [1.165, 1.54) is 0 Å². The minimum Gasteiger partial charge on any atom is -0.319 e. The Bertz CT molecular complexity index is 651. The van der Waals surface area contributed by atoms with E-state index in [1.807, 2.05) is 0 Å². The molecular weight excluding hydrogens is 436 g/mol. The molecule has 0 aliphatic rings. The second-order valence-electron chi connectivity index (χ2n) is 3.86. The number of carbonyl (C=O) groups is 1. The number of benzene rings is 2. The van der Waals surface area contributed by atoms with Crippen LogP contribution < -0.4 is 5.32 Å². The van der Waals surface area contributed by atoms with Crippen molar-refractivity contribution in [1.82, 2.24) is 0 Å². The van der Waals surface area contributed by atoms with Crippen LogP contribution in [0, 0.1) is 5.82 Å². The lowest BCUT2D eigenvalue weighted by molar-refractivity contribution is 0.102. The summed E-state index contributed by atoms with van der Waals surface area (Å²) in [4.78, 5) is 12.1. The largest absolute Gasteiger partial charge is 0.319 e. The molecule has 0 aromatic heterocycles. The van der Waals surface area contributed by atoms with E-state index < -0.39 is 11.7 Å². The van der Waals surface area contributed by atoms with E-state index >= 15 is 0 Å². The lowest BCUT2D eigenvalue weighted by Crippen LogP contribution is -2.12. The van der Waals surface area contributed by atoms with Gasteiger partial charge in [-0.1, -0.05) is 55.1 Å². The quantitative estimate of drug-likeness (QED) is 0.616. The number of amides is 1. The first-order valence-electron chi connectivity index (χ1n) is 5.29. The average molecular weight is 442 g/mol. The fraction of sp³-hybridized carbons (Fsp3) is 0. The smallest absolute Gasteiger partial charge is 0.255 e. The van der Waals surface area contributed by atoms with Crippen LogP contribution in [0.1, 0.15) is 10.4 Å². The van der Waals surface area contributed by atoms with Gasteiger partial charge in [-0.3, -0.25) is 4.79 Å². The zero-order valence-corrected chi connectivity index (χ0v) is 14.4. The molecule has 2 nitrogen and oxygen atoms in total. The normalized spacial score (nSPS) is 10.4. The van der Waals surface area contributed by atoms with Gasteiger partial charge in [-0.15, -0.1) is 0 Å². The fourth-order valence-electron chi connectivity index (χ4n) is 1.53. The Morgan fingerprint density at radius 3 is 2.00 bits per heavy atom. The summed E-state index contributed by atoms with van der Waals surface area (Å²) >= 11 is 18.3. The van der Waals surface area contributed by atoms with Crippen LogP contribution >= 0.6 is 55.1 Å². The lowest BCUT2D eigenvalue weighted by atomic mass is 10.2. The second kappa shape index (κ2) is 6.43. The van der Waals surface area contributed by atoms with Crippen LogP contribution in [-0.4, -0.2) is 5.91 Å². The van der Waals surface area contributed by atoms with E-state index in [4.69, 9.17) is 23.2 Å². The SMILES string of the molecule is O=C(Nc1c(Cl)cc(F)cc1Cl)c1cc(Br)cc(Br)c1. The minimum absolute atomic E-state index is 0.0393. The molecule has 7 heteroatoms. The zero-order chi connectivity index (χ0) is 14.9. The Morgan fingerprint density at radius 1 is 1.00 bits per heavy atom. The zero-order valence-electron chi connectivity index (χ0n) is 9.68. The van der Waals surface area contributed by atoms with Crippen LogP contribution in [0.15, 0.2) is 39.3 Å². The highest BCUT2D eigenvalue weighted by atomic mass is 79.9. The van der Waals surface area contributed by atoms with E-state index in [9.17, 15) is 9.18 Å². The Kier molecular flexibility index (Phi) is 5.07. The monoisotopic (exact) mass is 439 g/mol. The van der Waals surface area contributed by atoms with Crippen molar-refractivity contribution in [3.63, 3.8) is 0 Å². The standard InChI is InChI=1S/C13H6Br2Cl2FNO/c14-7-1-6(2-8(15)3-7)13(20)19-12-10(16)4-9(18)5-11(12)17/h1-5H,(H,19,20).